The molecule has 22 heavy (non-hydrogen) atoms. The van der Waals surface area contributed by atoms with Crippen LogP contribution in [0.1, 0.15) is 27.5 Å². The van der Waals surface area contributed by atoms with Gasteiger partial charge in [0.25, 0.3) is 0 Å². The molecule has 0 fully saturated rings. The second-order valence-corrected chi connectivity index (χ2v) is 5.13. The van der Waals surface area contributed by atoms with Crippen molar-refractivity contribution in [1.29, 1.82) is 0 Å². The molecule has 1 aromatic carbocycles. The Kier molecular flexibility index (Phi) is 3.50. The summed E-state index contributed by atoms with van der Waals surface area (Å²) in [6.07, 6.45) is 0. The number of carboxylic acids is 1. The smallest absolute Gasteiger partial charge is 0.356 e. The van der Waals surface area contributed by atoms with E-state index in [9.17, 15) is 9.90 Å². The zero-order chi connectivity index (χ0) is 15.7. The van der Waals surface area contributed by atoms with Crippen molar-refractivity contribution in [2.24, 2.45) is 0 Å². The van der Waals surface area contributed by atoms with Crippen molar-refractivity contribution in [3.05, 3.63) is 59.1 Å². The molecule has 0 atom stereocenters. The highest BCUT2D eigenvalue weighted by Gasteiger charge is 2.17. The summed E-state index contributed by atoms with van der Waals surface area (Å²) in [6.45, 7) is 4.14. The average Bonchev–Trinajstić information content (AvgIpc) is 3.07. The fourth-order valence-corrected chi connectivity index (χ4v) is 2.36. The maximum absolute atomic E-state index is 11.2. The third-order valence-electron chi connectivity index (χ3n) is 3.40. The Morgan fingerprint density at radius 2 is 2.05 bits per heavy atom. The quantitative estimate of drug-likeness (QED) is 0.800. The molecule has 2 aromatic heterocycles. The molecule has 3 rings (SSSR count). The lowest BCUT2D eigenvalue weighted by Gasteiger charge is -2.08. The summed E-state index contributed by atoms with van der Waals surface area (Å²) < 4.78 is 6.83. The highest BCUT2D eigenvalue weighted by Crippen LogP contribution is 2.25. The molecule has 112 valence electrons. The van der Waals surface area contributed by atoms with Crippen molar-refractivity contribution >= 4 is 5.97 Å². The first-order valence-electron chi connectivity index (χ1n) is 6.84. The fourth-order valence-electron chi connectivity index (χ4n) is 2.36. The maximum atomic E-state index is 11.2. The summed E-state index contributed by atoms with van der Waals surface area (Å²) in [5, 5.41) is 17.2. The number of aryl methyl sites for hydroxylation is 2. The second-order valence-electron chi connectivity index (χ2n) is 5.13. The number of aromatic nitrogens is 3. The molecule has 1 N–H and O–H groups in total. The monoisotopic (exact) mass is 297 g/mol. The summed E-state index contributed by atoms with van der Waals surface area (Å²) in [6, 6.07) is 11.2. The largest absolute Gasteiger partial charge is 0.476 e. The Labute approximate surface area is 127 Å². The van der Waals surface area contributed by atoms with Gasteiger partial charge in [-0.3, -0.25) is 4.68 Å². The van der Waals surface area contributed by atoms with Crippen LogP contribution in [0.3, 0.4) is 0 Å². The van der Waals surface area contributed by atoms with Crippen molar-refractivity contribution < 1.29 is 14.4 Å². The Morgan fingerprint density at radius 3 is 2.68 bits per heavy atom. The molecule has 6 heteroatoms. The Hall–Kier alpha value is -2.89. The lowest BCUT2D eigenvalue weighted by Crippen LogP contribution is -2.05. The molecule has 0 aliphatic rings. The lowest BCUT2D eigenvalue weighted by molar-refractivity contribution is 0.0689. The number of hydrogen-bond acceptors (Lipinski definition) is 4. The standard InChI is InChI=1S/C16H15N3O3/c1-10-5-3-4-6-13(10)15-8-14(16(20)21)17-19(15)9-12-7-11(2)18-22-12/h3-8H,9H2,1-2H3,(H,20,21). The van der Waals surface area contributed by atoms with Crippen molar-refractivity contribution in [2.45, 2.75) is 20.4 Å². The predicted octanol–water partition coefficient (Wildman–Crippen LogP) is 2.90. The minimum atomic E-state index is -1.05. The van der Waals surface area contributed by atoms with Crippen molar-refractivity contribution in [2.75, 3.05) is 0 Å². The average molecular weight is 297 g/mol. The SMILES string of the molecule is Cc1cc(Cn2nc(C(=O)O)cc2-c2ccccc2C)on1. The molecule has 3 aromatic rings. The van der Waals surface area contributed by atoms with Gasteiger partial charge in [-0.2, -0.15) is 5.10 Å². The van der Waals surface area contributed by atoms with Gasteiger partial charge in [0, 0.05) is 11.6 Å². The number of carbonyl (C=O) groups is 1. The van der Waals surface area contributed by atoms with Crippen LogP contribution in [0.25, 0.3) is 11.3 Å². The molecule has 6 nitrogen and oxygen atoms in total. The van der Waals surface area contributed by atoms with Crippen LogP contribution in [0, 0.1) is 13.8 Å². The van der Waals surface area contributed by atoms with Crippen molar-refractivity contribution in [3.8, 4) is 11.3 Å². The van der Waals surface area contributed by atoms with E-state index in [0.717, 1.165) is 22.5 Å². The van der Waals surface area contributed by atoms with Gasteiger partial charge in [-0.05, 0) is 25.5 Å². The van der Waals surface area contributed by atoms with Crippen LogP contribution in [0.2, 0.25) is 0 Å². The summed E-state index contributed by atoms with van der Waals surface area (Å²) in [5.74, 6) is -0.422. The summed E-state index contributed by atoms with van der Waals surface area (Å²) in [4.78, 5) is 11.2. The van der Waals surface area contributed by atoms with E-state index < -0.39 is 5.97 Å². The first kappa shape index (κ1) is 14.1. The van der Waals surface area contributed by atoms with Gasteiger partial charge in [0.15, 0.2) is 11.5 Å². The molecule has 0 amide bonds. The van der Waals surface area contributed by atoms with Crippen LogP contribution in [-0.2, 0) is 6.54 Å². The van der Waals surface area contributed by atoms with Crippen LogP contribution in [0.4, 0.5) is 0 Å². The fraction of sp³-hybridized carbons (Fsp3) is 0.188. The predicted molar refractivity (Wildman–Crippen MR) is 79.7 cm³/mol. The topological polar surface area (TPSA) is 81.2 Å². The van der Waals surface area contributed by atoms with Gasteiger partial charge in [-0.25, -0.2) is 4.79 Å². The third kappa shape index (κ3) is 2.63. The van der Waals surface area contributed by atoms with Crippen LogP contribution < -0.4 is 0 Å². The van der Waals surface area contributed by atoms with E-state index in [1.807, 2.05) is 44.2 Å². The molecule has 0 saturated heterocycles. The first-order chi connectivity index (χ1) is 10.5. The Morgan fingerprint density at radius 1 is 1.27 bits per heavy atom. The van der Waals surface area contributed by atoms with E-state index in [1.54, 1.807) is 10.7 Å². The minimum absolute atomic E-state index is 0.00879. The van der Waals surface area contributed by atoms with Gasteiger partial charge >= 0.3 is 5.97 Å². The molecule has 0 aliphatic heterocycles. The van der Waals surface area contributed by atoms with Gasteiger partial charge < -0.3 is 9.63 Å². The minimum Gasteiger partial charge on any atom is -0.476 e. The van der Waals surface area contributed by atoms with E-state index >= 15 is 0 Å². The first-order valence-corrected chi connectivity index (χ1v) is 6.84. The molecular weight excluding hydrogens is 282 g/mol. The van der Waals surface area contributed by atoms with Gasteiger partial charge in [0.1, 0.15) is 6.54 Å². The molecule has 0 radical (unpaired) electrons. The normalized spacial score (nSPS) is 10.8. The number of nitrogens with zero attached hydrogens (tertiary/aromatic N) is 3. The lowest BCUT2D eigenvalue weighted by atomic mass is 10.1. The summed E-state index contributed by atoms with van der Waals surface area (Å²) in [5.41, 5.74) is 3.52. The number of benzene rings is 1. The van der Waals surface area contributed by atoms with Crippen LogP contribution in [-0.4, -0.2) is 26.0 Å². The molecule has 0 unspecified atom stereocenters. The van der Waals surface area contributed by atoms with Gasteiger partial charge in [-0.1, -0.05) is 29.4 Å². The van der Waals surface area contributed by atoms with Crippen molar-refractivity contribution in [3.63, 3.8) is 0 Å². The number of hydrogen-bond donors (Lipinski definition) is 1. The Bertz CT molecular complexity index is 833. The number of aromatic carboxylic acids is 1. The highest BCUT2D eigenvalue weighted by atomic mass is 16.5. The summed E-state index contributed by atoms with van der Waals surface area (Å²) >= 11 is 0. The molecule has 0 bridgehead atoms. The van der Waals surface area contributed by atoms with Gasteiger partial charge in [0.05, 0.1) is 11.4 Å². The molecule has 0 saturated carbocycles. The Balaban J connectivity index is 2.08. The van der Waals surface area contributed by atoms with Gasteiger partial charge in [-0.15, -0.1) is 0 Å². The van der Waals surface area contributed by atoms with Crippen LogP contribution in [0.5, 0.6) is 0 Å². The highest BCUT2D eigenvalue weighted by molar-refractivity contribution is 5.87. The van der Waals surface area contributed by atoms with Crippen molar-refractivity contribution in [1.82, 2.24) is 14.9 Å². The summed E-state index contributed by atoms with van der Waals surface area (Å²) in [7, 11) is 0. The van der Waals surface area contributed by atoms with E-state index in [1.165, 1.54) is 0 Å². The van der Waals surface area contributed by atoms with Crippen LogP contribution >= 0.6 is 0 Å². The van der Waals surface area contributed by atoms with Gasteiger partial charge in [0.2, 0.25) is 0 Å². The van der Waals surface area contributed by atoms with Crippen LogP contribution in [0.15, 0.2) is 40.9 Å². The van der Waals surface area contributed by atoms with E-state index in [-0.39, 0.29) is 5.69 Å². The zero-order valence-electron chi connectivity index (χ0n) is 12.3. The molecule has 0 spiro atoms. The number of rotatable bonds is 4. The zero-order valence-corrected chi connectivity index (χ0v) is 12.3. The van der Waals surface area contributed by atoms with E-state index in [2.05, 4.69) is 10.3 Å². The third-order valence-corrected chi connectivity index (χ3v) is 3.40. The molecular formula is C16H15N3O3. The number of carboxylic acid groups (broad SMARTS) is 1. The van der Waals surface area contributed by atoms with E-state index in [0.29, 0.717) is 12.3 Å². The molecule has 2 heterocycles. The van der Waals surface area contributed by atoms with E-state index in [4.69, 9.17) is 4.52 Å². The second kappa shape index (κ2) is 5.48. The molecule has 0 aliphatic carbocycles. The maximum Gasteiger partial charge on any atom is 0.356 e.